The second-order valence-corrected chi connectivity index (χ2v) is 7.47. The maximum Gasteiger partial charge on any atom is 0.246 e. The number of aromatic nitrogens is 1. The lowest BCUT2D eigenvalue weighted by Gasteiger charge is -2.16. The van der Waals surface area contributed by atoms with E-state index in [1.54, 1.807) is 18.7 Å². The number of carbonyl (C=O) groups is 1. The monoisotopic (exact) mass is 313 g/mol. The molecule has 2 aliphatic rings. The Labute approximate surface area is 123 Å². The molecule has 1 aromatic heterocycles. The van der Waals surface area contributed by atoms with Gasteiger partial charge < -0.3 is 9.42 Å². The fraction of sp³-hybridized carbons (Fsp3) is 0.692. The van der Waals surface area contributed by atoms with Gasteiger partial charge in [0.15, 0.2) is 5.76 Å². The summed E-state index contributed by atoms with van der Waals surface area (Å²) in [7, 11) is -3.66. The summed E-state index contributed by atoms with van der Waals surface area (Å²) in [5, 5.41) is 3.67. The van der Waals surface area contributed by atoms with E-state index in [1.165, 1.54) is 0 Å². The van der Waals surface area contributed by atoms with Gasteiger partial charge in [-0.15, -0.1) is 0 Å². The molecular formula is C13H19N3O4S. The molecule has 7 nitrogen and oxygen atoms in total. The quantitative estimate of drug-likeness (QED) is 0.878. The van der Waals surface area contributed by atoms with Gasteiger partial charge in [-0.3, -0.25) is 4.79 Å². The topological polar surface area (TPSA) is 92.5 Å². The van der Waals surface area contributed by atoms with Gasteiger partial charge in [-0.25, -0.2) is 13.1 Å². The molecule has 1 saturated carbocycles. The molecule has 0 bridgehead atoms. The van der Waals surface area contributed by atoms with Gasteiger partial charge in [0.1, 0.15) is 10.6 Å². The zero-order valence-electron chi connectivity index (χ0n) is 12.1. The minimum absolute atomic E-state index is 0.106. The number of rotatable bonds is 4. The van der Waals surface area contributed by atoms with E-state index in [0.717, 1.165) is 12.8 Å². The Bertz CT molecular complexity index is 643. The van der Waals surface area contributed by atoms with Crippen LogP contribution in [0.2, 0.25) is 0 Å². The summed E-state index contributed by atoms with van der Waals surface area (Å²) in [5.41, 5.74) is 0.351. The van der Waals surface area contributed by atoms with Crippen LogP contribution < -0.4 is 4.72 Å². The molecule has 1 aliphatic carbocycles. The SMILES string of the molecule is Cc1noc(C)c1S(=O)(=O)NC1CCN(C(=O)C2CC2)C1. The van der Waals surface area contributed by atoms with Gasteiger partial charge in [0.2, 0.25) is 15.9 Å². The van der Waals surface area contributed by atoms with Crippen LogP contribution in [0, 0.1) is 19.8 Å². The van der Waals surface area contributed by atoms with Crippen LogP contribution in [0.15, 0.2) is 9.42 Å². The van der Waals surface area contributed by atoms with Crippen molar-refractivity contribution < 1.29 is 17.7 Å². The first kappa shape index (κ1) is 14.5. The van der Waals surface area contributed by atoms with Crippen molar-refractivity contribution in [2.75, 3.05) is 13.1 Å². The van der Waals surface area contributed by atoms with Crippen molar-refractivity contribution in [1.29, 1.82) is 0 Å². The number of aryl methyl sites for hydroxylation is 2. The van der Waals surface area contributed by atoms with Crippen LogP contribution in [-0.4, -0.2) is 43.5 Å². The highest BCUT2D eigenvalue weighted by Gasteiger charge is 2.38. The van der Waals surface area contributed by atoms with E-state index in [2.05, 4.69) is 9.88 Å². The highest BCUT2D eigenvalue weighted by Crippen LogP contribution is 2.32. The van der Waals surface area contributed by atoms with Gasteiger partial charge in [0.05, 0.1) is 0 Å². The molecule has 1 atom stereocenters. The van der Waals surface area contributed by atoms with Crippen molar-refractivity contribution in [2.24, 2.45) is 5.92 Å². The van der Waals surface area contributed by atoms with Gasteiger partial charge in [0.25, 0.3) is 0 Å². The molecule has 2 heterocycles. The number of carbonyl (C=O) groups excluding carboxylic acids is 1. The van der Waals surface area contributed by atoms with Gasteiger partial charge in [-0.1, -0.05) is 5.16 Å². The number of sulfonamides is 1. The maximum atomic E-state index is 12.4. The molecule has 0 radical (unpaired) electrons. The van der Waals surface area contributed by atoms with Crippen LogP contribution >= 0.6 is 0 Å². The third kappa shape index (κ3) is 2.82. The summed E-state index contributed by atoms with van der Waals surface area (Å²) in [4.78, 5) is 13.8. The predicted molar refractivity (Wildman–Crippen MR) is 74.0 cm³/mol. The highest BCUT2D eigenvalue weighted by molar-refractivity contribution is 7.89. The molecule has 1 saturated heterocycles. The van der Waals surface area contributed by atoms with Crippen molar-refractivity contribution in [3.63, 3.8) is 0 Å². The molecule has 1 N–H and O–H groups in total. The molecule has 2 fully saturated rings. The summed E-state index contributed by atoms with van der Waals surface area (Å²) in [6, 6.07) is -0.244. The standard InChI is InChI=1S/C13H19N3O4S/c1-8-12(9(2)20-14-8)21(18,19)15-11-5-6-16(7-11)13(17)10-3-4-10/h10-11,15H,3-7H2,1-2H3. The van der Waals surface area contributed by atoms with Crippen LogP contribution in [0.25, 0.3) is 0 Å². The Morgan fingerprint density at radius 2 is 2.05 bits per heavy atom. The van der Waals surface area contributed by atoms with Crippen molar-refractivity contribution >= 4 is 15.9 Å². The Kier molecular flexibility index (Phi) is 3.53. The van der Waals surface area contributed by atoms with Crippen LogP contribution in [0.5, 0.6) is 0 Å². The lowest BCUT2D eigenvalue weighted by molar-refractivity contribution is -0.131. The minimum Gasteiger partial charge on any atom is -0.360 e. The Hall–Kier alpha value is -1.41. The van der Waals surface area contributed by atoms with Crippen molar-refractivity contribution in [3.8, 4) is 0 Å². The molecule has 21 heavy (non-hydrogen) atoms. The number of amides is 1. The van der Waals surface area contributed by atoms with E-state index in [-0.39, 0.29) is 28.5 Å². The zero-order chi connectivity index (χ0) is 15.2. The summed E-state index contributed by atoms with van der Waals surface area (Å²) in [5.74, 6) is 0.612. The first-order valence-electron chi connectivity index (χ1n) is 7.12. The van der Waals surface area contributed by atoms with Gasteiger partial charge in [-0.05, 0) is 33.1 Å². The van der Waals surface area contributed by atoms with Crippen molar-refractivity contribution in [2.45, 2.75) is 44.0 Å². The third-order valence-electron chi connectivity index (χ3n) is 3.98. The smallest absolute Gasteiger partial charge is 0.246 e. The van der Waals surface area contributed by atoms with E-state index in [0.29, 0.717) is 25.2 Å². The van der Waals surface area contributed by atoms with E-state index in [9.17, 15) is 13.2 Å². The van der Waals surface area contributed by atoms with Crippen LogP contribution in [0.3, 0.4) is 0 Å². The molecule has 1 aliphatic heterocycles. The van der Waals surface area contributed by atoms with E-state index in [1.807, 2.05) is 0 Å². The minimum atomic E-state index is -3.66. The van der Waals surface area contributed by atoms with Gasteiger partial charge in [-0.2, -0.15) is 0 Å². The van der Waals surface area contributed by atoms with Gasteiger partial charge >= 0.3 is 0 Å². The third-order valence-corrected chi connectivity index (χ3v) is 5.75. The lowest BCUT2D eigenvalue weighted by Crippen LogP contribution is -2.39. The Morgan fingerprint density at radius 1 is 1.33 bits per heavy atom. The van der Waals surface area contributed by atoms with Crippen molar-refractivity contribution in [3.05, 3.63) is 11.5 Å². The first-order valence-corrected chi connectivity index (χ1v) is 8.61. The average molecular weight is 313 g/mol. The zero-order valence-corrected chi connectivity index (χ0v) is 12.9. The first-order chi connectivity index (χ1) is 9.88. The largest absolute Gasteiger partial charge is 0.360 e. The Balaban J connectivity index is 1.68. The molecule has 8 heteroatoms. The van der Waals surface area contributed by atoms with E-state index in [4.69, 9.17) is 4.52 Å². The maximum absolute atomic E-state index is 12.4. The average Bonchev–Trinajstić information content (AvgIpc) is 3.06. The number of hydrogen-bond donors (Lipinski definition) is 1. The van der Waals surface area contributed by atoms with Crippen molar-refractivity contribution in [1.82, 2.24) is 14.8 Å². The molecule has 1 aromatic rings. The van der Waals surface area contributed by atoms with E-state index >= 15 is 0 Å². The normalized spacial score (nSPS) is 22.8. The van der Waals surface area contributed by atoms with E-state index < -0.39 is 10.0 Å². The second-order valence-electron chi connectivity index (χ2n) is 5.82. The number of hydrogen-bond acceptors (Lipinski definition) is 5. The summed E-state index contributed by atoms with van der Waals surface area (Å²) >= 11 is 0. The highest BCUT2D eigenvalue weighted by atomic mass is 32.2. The molecule has 3 rings (SSSR count). The van der Waals surface area contributed by atoms with Crippen LogP contribution in [-0.2, 0) is 14.8 Å². The fourth-order valence-electron chi connectivity index (χ4n) is 2.78. The second kappa shape index (κ2) is 5.10. The number of likely N-dealkylation sites (tertiary alicyclic amines) is 1. The molecule has 0 spiro atoms. The van der Waals surface area contributed by atoms with Crippen LogP contribution in [0.1, 0.15) is 30.7 Å². The van der Waals surface area contributed by atoms with Crippen LogP contribution in [0.4, 0.5) is 0 Å². The fourth-order valence-corrected chi connectivity index (χ4v) is 4.37. The molecule has 1 unspecified atom stereocenters. The molecule has 1 amide bonds. The molecule has 116 valence electrons. The molecule has 0 aromatic carbocycles. The molecular weight excluding hydrogens is 294 g/mol. The lowest BCUT2D eigenvalue weighted by atomic mass is 10.3. The summed E-state index contributed by atoms with van der Waals surface area (Å²) in [6.07, 6.45) is 2.57. The summed E-state index contributed by atoms with van der Waals surface area (Å²) < 4.78 is 32.4. The Morgan fingerprint density at radius 3 is 2.62 bits per heavy atom. The van der Waals surface area contributed by atoms with Gasteiger partial charge in [0, 0.05) is 25.0 Å². The summed E-state index contributed by atoms with van der Waals surface area (Å²) in [6.45, 7) is 4.23. The number of nitrogens with one attached hydrogen (secondary N) is 1. The number of nitrogens with zero attached hydrogens (tertiary/aromatic N) is 2. The predicted octanol–water partition coefficient (Wildman–Crippen LogP) is 0.581.